The maximum Gasteiger partial charge on any atom is 0.337 e. The van der Waals surface area contributed by atoms with Crippen molar-refractivity contribution in [3.63, 3.8) is 0 Å². The van der Waals surface area contributed by atoms with Crippen molar-refractivity contribution in [1.82, 2.24) is 9.55 Å². The fourth-order valence-electron chi connectivity index (χ4n) is 2.28. The van der Waals surface area contributed by atoms with E-state index in [4.69, 9.17) is 9.47 Å². The molecule has 1 aliphatic heterocycles. The molecule has 5 heteroatoms. The number of methoxy groups -OCH3 is 1. The van der Waals surface area contributed by atoms with Crippen LogP contribution in [0.4, 0.5) is 0 Å². The van der Waals surface area contributed by atoms with Gasteiger partial charge in [-0.1, -0.05) is 0 Å². The highest BCUT2D eigenvalue weighted by Gasteiger charge is 2.15. The minimum absolute atomic E-state index is 0.322. The summed E-state index contributed by atoms with van der Waals surface area (Å²) in [7, 11) is 1.39. The largest absolute Gasteiger partial charge is 0.465 e. The van der Waals surface area contributed by atoms with Gasteiger partial charge in [0, 0.05) is 13.0 Å². The van der Waals surface area contributed by atoms with Crippen molar-refractivity contribution in [2.75, 3.05) is 20.3 Å². The Kier molecular flexibility index (Phi) is 2.76. The van der Waals surface area contributed by atoms with E-state index in [9.17, 15) is 4.79 Å². The molecule has 2 aromatic rings. The average molecular weight is 246 g/mol. The molecule has 3 rings (SSSR count). The molecule has 0 amide bonds. The zero-order valence-corrected chi connectivity index (χ0v) is 10.2. The zero-order chi connectivity index (χ0) is 12.5. The van der Waals surface area contributed by atoms with Crippen molar-refractivity contribution >= 4 is 17.0 Å². The van der Waals surface area contributed by atoms with Crippen molar-refractivity contribution < 1.29 is 14.3 Å². The summed E-state index contributed by atoms with van der Waals surface area (Å²) in [5.41, 5.74) is 2.44. The Morgan fingerprint density at radius 1 is 1.44 bits per heavy atom. The molecule has 5 nitrogen and oxygen atoms in total. The fraction of sp³-hybridized carbons (Fsp3) is 0.385. The van der Waals surface area contributed by atoms with Crippen LogP contribution in [-0.2, 0) is 22.4 Å². The van der Waals surface area contributed by atoms with Crippen molar-refractivity contribution in [3.05, 3.63) is 29.6 Å². The maximum atomic E-state index is 11.5. The van der Waals surface area contributed by atoms with Gasteiger partial charge in [0.05, 0.1) is 36.9 Å². The van der Waals surface area contributed by atoms with Crippen LogP contribution in [0.25, 0.3) is 11.0 Å². The Morgan fingerprint density at radius 2 is 2.33 bits per heavy atom. The van der Waals surface area contributed by atoms with Gasteiger partial charge in [-0.05, 0) is 18.2 Å². The molecule has 0 aliphatic carbocycles. The van der Waals surface area contributed by atoms with Crippen LogP contribution >= 0.6 is 0 Å². The number of rotatable bonds is 1. The molecule has 0 radical (unpaired) electrons. The Morgan fingerprint density at radius 3 is 3.17 bits per heavy atom. The molecule has 0 saturated carbocycles. The Hall–Kier alpha value is -1.88. The highest BCUT2D eigenvalue weighted by atomic mass is 16.5. The zero-order valence-electron chi connectivity index (χ0n) is 10.2. The van der Waals surface area contributed by atoms with Crippen LogP contribution in [0, 0.1) is 0 Å². The molecule has 0 fully saturated rings. The SMILES string of the molecule is COC(=O)c1ccc2nc3n(c2c1)CCOCC3. The summed E-state index contributed by atoms with van der Waals surface area (Å²) in [6, 6.07) is 5.45. The van der Waals surface area contributed by atoms with E-state index in [0.29, 0.717) is 18.8 Å². The van der Waals surface area contributed by atoms with Crippen LogP contribution in [-0.4, -0.2) is 35.8 Å². The minimum Gasteiger partial charge on any atom is -0.465 e. The normalized spacial score (nSPS) is 15.2. The van der Waals surface area contributed by atoms with E-state index in [2.05, 4.69) is 9.55 Å². The van der Waals surface area contributed by atoms with E-state index in [0.717, 1.165) is 29.8 Å². The van der Waals surface area contributed by atoms with Gasteiger partial charge in [-0.2, -0.15) is 0 Å². The predicted octanol–water partition coefficient (Wildman–Crippen LogP) is 1.40. The number of hydrogen-bond acceptors (Lipinski definition) is 4. The molecule has 0 bridgehead atoms. The Bertz CT molecular complexity index is 604. The first-order chi connectivity index (χ1) is 8.79. The third-order valence-electron chi connectivity index (χ3n) is 3.18. The monoisotopic (exact) mass is 246 g/mol. The fourth-order valence-corrected chi connectivity index (χ4v) is 2.28. The van der Waals surface area contributed by atoms with Crippen LogP contribution < -0.4 is 0 Å². The molecule has 1 aliphatic rings. The number of carbonyl (C=O) groups is 1. The highest BCUT2D eigenvalue weighted by Crippen LogP contribution is 2.20. The Labute approximate surface area is 104 Å². The number of esters is 1. The highest BCUT2D eigenvalue weighted by molar-refractivity contribution is 5.93. The summed E-state index contributed by atoms with van der Waals surface area (Å²) in [6.07, 6.45) is 0.808. The number of carbonyl (C=O) groups excluding carboxylic acids is 1. The van der Waals surface area contributed by atoms with Gasteiger partial charge in [0.15, 0.2) is 0 Å². The van der Waals surface area contributed by atoms with E-state index in [1.807, 2.05) is 12.1 Å². The second kappa shape index (κ2) is 4.42. The van der Waals surface area contributed by atoms with Crippen LogP contribution in [0.5, 0.6) is 0 Å². The summed E-state index contributed by atoms with van der Waals surface area (Å²) in [6.45, 7) is 2.16. The standard InChI is InChI=1S/C13H14N2O3/c1-17-13(16)9-2-3-10-11(8-9)15-5-7-18-6-4-12(15)14-10/h2-3,8H,4-7H2,1H3. The number of imidazole rings is 1. The lowest BCUT2D eigenvalue weighted by Gasteiger charge is -2.04. The predicted molar refractivity (Wildman–Crippen MR) is 65.6 cm³/mol. The molecule has 18 heavy (non-hydrogen) atoms. The van der Waals surface area contributed by atoms with Crippen LogP contribution in [0.2, 0.25) is 0 Å². The lowest BCUT2D eigenvalue weighted by molar-refractivity contribution is 0.0601. The van der Waals surface area contributed by atoms with Crippen LogP contribution in [0.15, 0.2) is 18.2 Å². The molecule has 2 heterocycles. The molecular weight excluding hydrogens is 232 g/mol. The van der Waals surface area contributed by atoms with Gasteiger partial charge < -0.3 is 14.0 Å². The van der Waals surface area contributed by atoms with Gasteiger partial charge >= 0.3 is 5.97 Å². The first-order valence-corrected chi connectivity index (χ1v) is 5.95. The number of nitrogens with zero attached hydrogens (tertiary/aromatic N) is 2. The quantitative estimate of drug-likeness (QED) is 0.714. The van der Waals surface area contributed by atoms with E-state index in [1.54, 1.807) is 6.07 Å². The molecule has 1 aromatic carbocycles. The number of aromatic nitrogens is 2. The van der Waals surface area contributed by atoms with Gasteiger partial charge in [-0.3, -0.25) is 0 Å². The molecule has 0 saturated heterocycles. The van der Waals surface area contributed by atoms with Gasteiger partial charge in [0.25, 0.3) is 0 Å². The van der Waals surface area contributed by atoms with E-state index >= 15 is 0 Å². The number of hydrogen-bond donors (Lipinski definition) is 0. The van der Waals surface area contributed by atoms with Crippen LogP contribution in [0.1, 0.15) is 16.2 Å². The molecule has 0 N–H and O–H groups in total. The number of ether oxygens (including phenoxy) is 2. The van der Waals surface area contributed by atoms with Crippen molar-refractivity contribution in [3.8, 4) is 0 Å². The van der Waals surface area contributed by atoms with E-state index < -0.39 is 0 Å². The summed E-state index contributed by atoms with van der Waals surface area (Å²) in [4.78, 5) is 16.1. The molecular formula is C13H14N2O3. The summed E-state index contributed by atoms with van der Waals surface area (Å²) >= 11 is 0. The van der Waals surface area contributed by atoms with E-state index in [-0.39, 0.29) is 5.97 Å². The van der Waals surface area contributed by atoms with Crippen molar-refractivity contribution in [2.45, 2.75) is 13.0 Å². The second-order valence-corrected chi connectivity index (χ2v) is 4.24. The third-order valence-corrected chi connectivity index (χ3v) is 3.18. The first kappa shape index (κ1) is 11.2. The van der Waals surface area contributed by atoms with Crippen molar-refractivity contribution in [2.24, 2.45) is 0 Å². The van der Waals surface area contributed by atoms with E-state index in [1.165, 1.54) is 7.11 Å². The van der Waals surface area contributed by atoms with Gasteiger partial charge in [0.1, 0.15) is 5.82 Å². The molecule has 0 spiro atoms. The van der Waals surface area contributed by atoms with Gasteiger partial charge in [-0.25, -0.2) is 9.78 Å². The average Bonchev–Trinajstić information content (AvgIpc) is 2.59. The topological polar surface area (TPSA) is 53.3 Å². The summed E-state index contributed by atoms with van der Waals surface area (Å²) in [5.74, 6) is 0.696. The van der Waals surface area contributed by atoms with Gasteiger partial charge in [-0.15, -0.1) is 0 Å². The van der Waals surface area contributed by atoms with Gasteiger partial charge in [0.2, 0.25) is 0 Å². The van der Waals surface area contributed by atoms with Crippen molar-refractivity contribution in [1.29, 1.82) is 0 Å². The maximum absolute atomic E-state index is 11.5. The molecule has 1 aromatic heterocycles. The lowest BCUT2D eigenvalue weighted by Crippen LogP contribution is -2.05. The number of benzene rings is 1. The lowest BCUT2D eigenvalue weighted by atomic mass is 10.2. The molecule has 0 unspecified atom stereocenters. The molecule has 94 valence electrons. The number of fused-ring (bicyclic) bond motifs is 3. The summed E-state index contributed by atoms with van der Waals surface area (Å²) < 4.78 is 12.3. The second-order valence-electron chi connectivity index (χ2n) is 4.24. The summed E-state index contributed by atoms with van der Waals surface area (Å²) in [5, 5.41) is 0. The first-order valence-electron chi connectivity index (χ1n) is 5.95. The van der Waals surface area contributed by atoms with Crippen LogP contribution in [0.3, 0.4) is 0 Å². The smallest absolute Gasteiger partial charge is 0.337 e. The third kappa shape index (κ3) is 1.76. The molecule has 0 atom stereocenters. The Balaban J connectivity index is 2.14. The minimum atomic E-state index is -0.322.